The summed E-state index contributed by atoms with van der Waals surface area (Å²) in [6.45, 7) is 2.40. The normalized spacial score (nSPS) is 15.8. The first kappa shape index (κ1) is 23.5. The molecule has 0 nitrogen and oxygen atoms in total. The third kappa shape index (κ3) is 3.18. The number of benzene rings is 8. The lowest BCUT2D eigenvalue weighted by Gasteiger charge is -2.28. The van der Waals surface area contributed by atoms with Crippen LogP contribution >= 0.6 is 0 Å². The van der Waals surface area contributed by atoms with Crippen LogP contribution in [-0.4, -0.2) is 0 Å². The van der Waals surface area contributed by atoms with Gasteiger partial charge in [-0.3, -0.25) is 0 Å². The Bertz CT molecular complexity index is 2360. The Kier molecular flexibility index (Phi) is 4.84. The van der Waals surface area contributed by atoms with E-state index in [1.165, 1.54) is 82.0 Å². The van der Waals surface area contributed by atoms with E-state index < -0.39 is 0 Å². The second-order valence-electron chi connectivity index (χ2n) is 11.9. The lowest BCUT2D eigenvalue weighted by atomic mass is 9.74. The van der Waals surface area contributed by atoms with Crippen LogP contribution < -0.4 is 0 Å². The molecule has 0 N–H and O–H groups in total. The first-order valence-electron chi connectivity index (χ1n) is 14.8. The Morgan fingerprint density at radius 2 is 1.10 bits per heavy atom. The Labute approximate surface area is 245 Å². The van der Waals surface area contributed by atoms with E-state index in [1.54, 1.807) is 0 Å². The largest absolute Gasteiger partial charge is 0.0622 e. The molecule has 0 radical (unpaired) electrons. The molecule has 0 amide bonds. The molecule has 42 heavy (non-hydrogen) atoms. The Morgan fingerprint density at radius 3 is 1.98 bits per heavy atom. The molecule has 0 saturated heterocycles. The summed E-state index contributed by atoms with van der Waals surface area (Å²) in [5.41, 5.74) is 9.16. The molecule has 0 heteroatoms. The first-order valence-corrected chi connectivity index (χ1v) is 14.8. The molecule has 8 aromatic carbocycles. The molecule has 8 aromatic rings. The van der Waals surface area contributed by atoms with Gasteiger partial charge in [0, 0.05) is 5.41 Å². The van der Waals surface area contributed by atoms with Gasteiger partial charge in [-0.15, -0.1) is 0 Å². The molecule has 1 atom stereocenters. The van der Waals surface area contributed by atoms with Crippen LogP contribution in [0.4, 0.5) is 0 Å². The van der Waals surface area contributed by atoms with Crippen molar-refractivity contribution in [2.24, 2.45) is 0 Å². The highest BCUT2D eigenvalue weighted by molar-refractivity contribution is 6.22. The van der Waals surface area contributed by atoms with Gasteiger partial charge in [-0.05, 0) is 113 Å². The summed E-state index contributed by atoms with van der Waals surface area (Å²) in [6, 6.07) is 56.4. The maximum Gasteiger partial charge on any atom is 0.0435 e. The molecule has 1 aliphatic rings. The van der Waals surface area contributed by atoms with Crippen molar-refractivity contribution >= 4 is 43.1 Å². The Morgan fingerprint density at radius 1 is 0.405 bits per heavy atom. The molecular weight excluding hydrogens is 504 g/mol. The van der Waals surface area contributed by atoms with Crippen molar-refractivity contribution in [3.63, 3.8) is 0 Å². The lowest BCUT2D eigenvalue weighted by Crippen LogP contribution is -2.22. The van der Waals surface area contributed by atoms with Gasteiger partial charge in [0.05, 0.1) is 0 Å². The summed E-state index contributed by atoms with van der Waals surface area (Å²) in [5, 5.41) is 10.3. The molecule has 0 fully saturated rings. The van der Waals surface area contributed by atoms with Gasteiger partial charge in [0.15, 0.2) is 0 Å². The van der Waals surface area contributed by atoms with Crippen molar-refractivity contribution in [1.29, 1.82) is 0 Å². The van der Waals surface area contributed by atoms with Crippen molar-refractivity contribution in [3.05, 3.63) is 168 Å². The van der Waals surface area contributed by atoms with Crippen molar-refractivity contribution in [2.45, 2.75) is 12.3 Å². The van der Waals surface area contributed by atoms with E-state index in [1.807, 2.05) is 0 Å². The zero-order chi connectivity index (χ0) is 27.8. The highest BCUT2D eigenvalue weighted by Crippen LogP contribution is 2.53. The molecule has 196 valence electrons. The zero-order valence-corrected chi connectivity index (χ0v) is 23.4. The van der Waals surface area contributed by atoms with Crippen molar-refractivity contribution in [2.75, 3.05) is 0 Å². The summed E-state index contributed by atoms with van der Waals surface area (Å²) < 4.78 is 0. The van der Waals surface area contributed by atoms with E-state index >= 15 is 0 Å². The molecule has 0 aliphatic heterocycles. The highest BCUT2D eigenvalue weighted by Gasteiger charge is 2.40. The van der Waals surface area contributed by atoms with Gasteiger partial charge in [0.25, 0.3) is 0 Å². The van der Waals surface area contributed by atoms with E-state index in [4.69, 9.17) is 0 Å². The maximum absolute atomic E-state index is 2.46. The Hall–Kier alpha value is -5.20. The minimum Gasteiger partial charge on any atom is -0.0622 e. The summed E-state index contributed by atoms with van der Waals surface area (Å²) in [6.07, 6.45) is 0. The van der Waals surface area contributed by atoms with Crippen LogP contribution in [0.5, 0.6) is 0 Å². The van der Waals surface area contributed by atoms with Crippen LogP contribution in [0.3, 0.4) is 0 Å². The fourth-order valence-corrected chi connectivity index (χ4v) is 7.61. The van der Waals surface area contributed by atoms with Gasteiger partial charge in [0.2, 0.25) is 0 Å². The standard InChI is InChI=1S/C42H28/c1-42(33-13-3-2-4-14-33)38-18-10-9-17-36(38)37-25-28-20-22-31(24-32(28)26-39(37)42)41-35-16-8-6-12-29(35)23-30-21-19-27-11-5-7-15-34(27)40(30)41/h2-26H,1H3. The molecule has 9 rings (SSSR count). The van der Waals surface area contributed by atoms with Gasteiger partial charge in [-0.2, -0.15) is 0 Å². The van der Waals surface area contributed by atoms with Gasteiger partial charge in [0.1, 0.15) is 0 Å². The average molecular weight is 533 g/mol. The van der Waals surface area contributed by atoms with Gasteiger partial charge >= 0.3 is 0 Å². The quantitative estimate of drug-likeness (QED) is 0.153. The van der Waals surface area contributed by atoms with E-state index in [-0.39, 0.29) is 5.41 Å². The van der Waals surface area contributed by atoms with E-state index in [9.17, 15) is 0 Å². The monoisotopic (exact) mass is 532 g/mol. The van der Waals surface area contributed by atoms with Crippen LogP contribution in [0, 0.1) is 0 Å². The number of fused-ring (bicyclic) bond motifs is 8. The van der Waals surface area contributed by atoms with E-state index in [0.29, 0.717) is 0 Å². The van der Waals surface area contributed by atoms with Crippen LogP contribution in [0.1, 0.15) is 23.6 Å². The van der Waals surface area contributed by atoms with Gasteiger partial charge in [-0.25, -0.2) is 0 Å². The molecular formula is C42H28. The molecule has 0 heterocycles. The Balaban J connectivity index is 1.36. The summed E-state index contributed by atoms with van der Waals surface area (Å²) in [7, 11) is 0. The van der Waals surface area contributed by atoms with E-state index in [0.717, 1.165) is 0 Å². The predicted octanol–water partition coefficient (Wildman–Crippen LogP) is 11.3. The third-order valence-electron chi connectivity index (χ3n) is 9.66. The smallest absolute Gasteiger partial charge is 0.0435 e. The SMILES string of the molecule is CC1(c2ccccc2)c2ccccc2-c2cc3ccc(-c4c5ccccc5cc5ccc6ccccc6c45)cc3cc21. The van der Waals surface area contributed by atoms with Crippen LogP contribution in [0.25, 0.3) is 65.3 Å². The molecule has 0 saturated carbocycles. The zero-order valence-electron chi connectivity index (χ0n) is 23.4. The molecule has 1 aliphatic carbocycles. The lowest BCUT2D eigenvalue weighted by molar-refractivity contribution is 0.715. The molecule has 0 bridgehead atoms. The topological polar surface area (TPSA) is 0 Å². The maximum atomic E-state index is 2.46. The average Bonchev–Trinajstić information content (AvgIpc) is 3.30. The molecule has 0 aromatic heterocycles. The molecule has 0 spiro atoms. The first-order chi connectivity index (χ1) is 20.7. The second-order valence-corrected chi connectivity index (χ2v) is 11.9. The number of hydrogen-bond acceptors (Lipinski definition) is 0. The van der Waals surface area contributed by atoms with Crippen LogP contribution in [0.15, 0.2) is 152 Å². The fraction of sp³-hybridized carbons (Fsp3) is 0.0476. The molecule has 1 unspecified atom stereocenters. The highest BCUT2D eigenvalue weighted by atomic mass is 14.4. The van der Waals surface area contributed by atoms with Crippen LogP contribution in [-0.2, 0) is 5.41 Å². The fourth-order valence-electron chi connectivity index (χ4n) is 7.61. The summed E-state index contributed by atoms with van der Waals surface area (Å²) in [4.78, 5) is 0. The van der Waals surface area contributed by atoms with Gasteiger partial charge < -0.3 is 0 Å². The van der Waals surface area contributed by atoms with Crippen molar-refractivity contribution < 1.29 is 0 Å². The summed E-state index contributed by atoms with van der Waals surface area (Å²) >= 11 is 0. The third-order valence-corrected chi connectivity index (χ3v) is 9.66. The minimum atomic E-state index is -0.209. The van der Waals surface area contributed by atoms with Gasteiger partial charge in [-0.1, -0.05) is 127 Å². The van der Waals surface area contributed by atoms with Crippen molar-refractivity contribution in [1.82, 2.24) is 0 Å². The predicted molar refractivity (Wildman–Crippen MR) is 179 cm³/mol. The van der Waals surface area contributed by atoms with E-state index in [2.05, 4.69) is 159 Å². The number of rotatable bonds is 2. The van der Waals surface area contributed by atoms with Crippen LogP contribution in [0.2, 0.25) is 0 Å². The van der Waals surface area contributed by atoms with Crippen molar-refractivity contribution in [3.8, 4) is 22.3 Å². The second kappa shape index (κ2) is 8.65. The summed E-state index contributed by atoms with van der Waals surface area (Å²) in [5.74, 6) is 0. The minimum absolute atomic E-state index is 0.209. The number of hydrogen-bond donors (Lipinski definition) is 0.